The number of hydrogen-bond donors (Lipinski definition) is 0. The molecule has 0 amide bonds. The van der Waals surface area contributed by atoms with Crippen molar-refractivity contribution in [2.75, 3.05) is 7.11 Å². The molecule has 90 valence electrons. The first-order valence-corrected chi connectivity index (χ1v) is 6.30. The highest BCUT2D eigenvalue weighted by Crippen LogP contribution is 2.35. The quantitative estimate of drug-likeness (QED) is 0.810. The van der Waals surface area contributed by atoms with Crippen LogP contribution in [0.25, 0.3) is 10.9 Å². The van der Waals surface area contributed by atoms with E-state index in [1.807, 2.05) is 6.20 Å². The van der Waals surface area contributed by atoms with Gasteiger partial charge in [0.25, 0.3) is 0 Å². The first kappa shape index (κ1) is 10.8. The van der Waals surface area contributed by atoms with Gasteiger partial charge in [0, 0.05) is 12.5 Å². The molecule has 1 heterocycles. The Morgan fingerprint density at radius 2 is 2.24 bits per heavy atom. The Kier molecular flexibility index (Phi) is 2.63. The van der Waals surface area contributed by atoms with Crippen molar-refractivity contribution < 1.29 is 4.74 Å². The van der Waals surface area contributed by atoms with Crippen molar-refractivity contribution in [1.82, 2.24) is 9.78 Å². The Hall–Kier alpha value is -1.35. The molecule has 1 aliphatic carbocycles. The van der Waals surface area contributed by atoms with E-state index in [0.717, 1.165) is 19.3 Å². The van der Waals surface area contributed by atoms with E-state index < -0.39 is 0 Å². The van der Waals surface area contributed by atoms with Gasteiger partial charge in [-0.3, -0.25) is 4.68 Å². The van der Waals surface area contributed by atoms with E-state index in [1.165, 1.54) is 16.5 Å². The Morgan fingerprint density at radius 1 is 1.41 bits per heavy atom. The van der Waals surface area contributed by atoms with Crippen LogP contribution in [-0.4, -0.2) is 23.0 Å². The van der Waals surface area contributed by atoms with Crippen LogP contribution in [0, 0.1) is 0 Å². The molecule has 0 spiro atoms. The average molecular weight is 230 g/mol. The number of fused-ring (bicyclic) bond motifs is 1. The number of methoxy groups -OCH3 is 1. The van der Waals surface area contributed by atoms with Crippen molar-refractivity contribution in [3.63, 3.8) is 0 Å². The number of aryl methyl sites for hydroxylation is 1. The van der Waals surface area contributed by atoms with Crippen molar-refractivity contribution >= 4 is 10.9 Å². The lowest BCUT2D eigenvalue weighted by Gasteiger charge is -2.34. The summed E-state index contributed by atoms with van der Waals surface area (Å²) in [5.74, 6) is 0. The van der Waals surface area contributed by atoms with Crippen LogP contribution >= 0.6 is 0 Å². The maximum absolute atomic E-state index is 5.33. The minimum atomic E-state index is 0.425. The van der Waals surface area contributed by atoms with Crippen molar-refractivity contribution in [2.45, 2.75) is 38.3 Å². The van der Waals surface area contributed by atoms with Crippen molar-refractivity contribution in [1.29, 1.82) is 0 Å². The molecule has 1 saturated carbocycles. The van der Waals surface area contributed by atoms with Crippen LogP contribution in [-0.2, 0) is 11.2 Å². The minimum Gasteiger partial charge on any atom is -0.381 e. The zero-order valence-electron chi connectivity index (χ0n) is 10.4. The number of aromatic nitrogens is 2. The largest absolute Gasteiger partial charge is 0.381 e. The van der Waals surface area contributed by atoms with Gasteiger partial charge in [0.05, 0.1) is 23.9 Å². The summed E-state index contributed by atoms with van der Waals surface area (Å²) in [5, 5.41) is 5.76. The zero-order chi connectivity index (χ0) is 11.8. The number of nitrogens with zero attached hydrogens (tertiary/aromatic N) is 2. The van der Waals surface area contributed by atoms with Crippen LogP contribution in [0.15, 0.2) is 24.4 Å². The molecule has 3 heteroatoms. The van der Waals surface area contributed by atoms with Crippen LogP contribution < -0.4 is 0 Å². The number of benzene rings is 1. The van der Waals surface area contributed by atoms with Crippen molar-refractivity contribution in [3.05, 3.63) is 30.0 Å². The topological polar surface area (TPSA) is 27.1 Å². The molecular weight excluding hydrogens is 212 g/mol. The zero-order valence-corrected chi connectivity index (χ0v) is 10.4. The predicted molar refractivity (Wildman–Crippen MR) is 68.2 cm³/mol. The molecule has 0 atom stereocenters. The molecule has 17 heavy (non-hydrogen) atoms. The first-order valence-electron chi connectivity index (χ1n) is 6.30. The van der Waals surface area contributed by atoms with Gasteiger partial charge >= 0.3 is 0 Å². The van der Waals surface area contributed by atoms with Gasteiger partial charge in [0.2, 0.25) is 0 Å². The molecule has 3 rings (SSSR count). The molecule has 0 unspecified atom stereocenters. The minimum absolute atomic E-state index is 0.425. The fourth-order valence-electron chi connectivity index (χ4n) is 2.52. The molecular formula is C14H18N2O. The van der Waals surface area contributed by atoms with E-state index in [2.05, 4.69) is 34.9 Å². The second-order valence-electron chi connectivity index (χ2n) is 4.82. The van der Waals surface area contributed by atoms with Crippen LogP contribution in [0.4, 0.5) is 0 Å². The third-order valence-electron chi connectivity index (χ3n) is 3.82. The highest BCUT2D eigenvalue weighted by atomic mass is 16.5. The van der Waals surface area contributed by atoms with Gasteiger partial charge in [-0.1, -0.05) is 19.1 Å². The number of rotatable bonds is 3. The van der Waals surface area contributed by atoms with Crippen LogP contribution in [0.3, 0.4) is 0 Å². The molecule has 1 aliphatic rings. The smallest absolute Gasteiger partial charge is 0.0688 e. The summed E-state index contributed by atoms with van der Waals surface area (Å²) >= 11 is 0. The number of ether oxygens (including phenoxy) is 1. The first-order chi connectivity index (χ1) is 8.31. The summed E-state index contributed by atoms with van der Waals surface area (Å²) < 4.78 is 7.50. The summed E-state index contributed by atoms with van der Waals surface area (Å²) in [4.78, 5) is 0. The van der Waals surface area contributed by atoms with Gasteiger partial charge in [-0.2, -0.15) is 5.10 Å². The van der Waals surface area contributed by atoms with E-state index in [-0.39, 0.29) is 0 Å². The lowest BCUT2D eigenvalue weighted by atomic mass is 9.89. The van der Waals surface area contributed by atoms with Gasteiger partial charge < -0.3 is 4.74 Å². The highest BCUT2D eigenvalue weighted by Gasteiger charge is 2.31. The molecule has 0 N–H and O–H groups in total. The molecule has 2 aromatic rings. The molecule has 0 aliphatic heterocycles. The van der Waals surface area contributed by atoms with Crippen molar-refractivity contribution in [2.24, 2.45) is 0 Å². The normalized spacial score (nSPS) is 23.9. The Labute approximate surface area is 101 Å². The van der Waals surface area contributed by atoms with Crippen molar-refractivity contribution in [3.8, 4) is 0 Å². The van der Waals surface area contributed by atoms with E-state index in [9.17, 15) is 0 Å². The summed E-state index contributed by atoms with van der Waals surface area (Å²) in [7, 11) is 1.79. The van der Waals surface area contributed by atoms with E-state index >= 15 is 0 Å². The third-order valence-corrected chi connectivity index (χ3v) is 3.82. The van der Waals surface area contributed by atoms with Gasteiger partial charge in [0.1, 0.15) is 0 Å². The summed E-state index contributed by atoms with van der Waals surface area (Å²) in [6.45, 7) is 2.19. The second-order valence-corrected chi connectivity index (χ2v) is 4.82. The Morgan fingerprint density at radius 3 is 2.94 bits per heavy atom. The van der Waals surface area contributed by atoms with Gasteiger partial charge in [0.15, 0.2) is 0 Å². The summed E-state index contributed by atoms with van der Waals surface area (Å²) in [6.07, 6.45) is 5.64. The van der Waals surface area contributed by atoms with E-state index in [4.69, 9.17) is 4.74 Å². The van der Waals surface area contributed by atoms with E-state index in [1.54, 1.807) is 7.11 Å². The van der Waals surface area contributed by atoms with Crippen LogP contribution in [0.2, 0.25) is 0 Å². The van der Waals surface area contributed by atoms with E-state index in [0.29, 0.717) is 12.1 Å². The van der Waals surface area contributed by atoms with Crippen LogP contribution in [0.5, 0.6) is 0 Å². The summed E-state index contributed by atoms with van der Waals surface area (Å²) in [6, 6.07) is 7.14. The molecule has 1 aromatic heterocycles. The molecule has 0 bridgehead atoms. The maximum atomic E-state index is 5.33. The Balaban J connectivity index is 1.94. The fourth-order valence-corrected chi connectivity index (χ4v) is 2.52. The molecule has 1 fully saturated rings. The third kappa shape index (κ3) is 1.75. The predicted octanol–water partition coefficient (Wildman–Crippen LogP) is 2.95. The molecule has 0 radical (unpaired) electrons. The van der Waals surface area contributed by atoms with Gasteiger partial charge in [-0.25, -0.2) is 0 Å². The lowest BCUT2D eigenvalue weighted by molar-refractivity contribution is 0.00387. The monoisotopic (exact) mass is 230 g/mol. The Bertz CT molecular complexity index is 526. The molecule has 1 aromatic carbocycles. The SMILES string of the molecule is CCc1ccc2cnn([C@H]3C[C@H](OC)C3)c2c1. The van der Waals surface area contributed by atoms with Gasteiger partial charge in [-0.15, -0.1) is 0 Å². The average Bonchev–Trinajstić information content (AvgIpc) is 2.71. The lowest BCUT2D eigenvalue weighted by Crippen LogP contribution is -2.32. The van der Waals surface area contributed by atoms with Gasteiger partial charge in [-0.05, 0) is 30.9 Å². The van der Waals surface area contributed by atoms with Crippen LogP contribution in [0.1, 0.15) is 31.4 Å². The maximum Gasteiger partial charge on any atom is 0.0688 e. The molecule has 3 nitrogen and oxygen atoms in total. The fraction of sp³-hybridized carbons (Fsp3) is 0.500. The molecule has 0 saturated heterocycles. The highest BCUT2D eigenvalue weighted by molar-refractivity contribution is 5.79. The number of hydrogen-bond acceptors (Lipinski definition) is 2. The summed E-state index contributed by atoms with van der Waals surface area (Å²) in [5.41, 5.74) is 2.64. The standard InChI is InChI=1S/C14H18N2O/c1-3-10-4-5-11-9-15-16(14(11)6-10)12-7-13(8-12)17-2/h4-6,9,12-13H,3,7-8H2,1-2H3/t12-,13-. The second kappa shape index (κ2) is 4.15.